The van der Waals surface area contributed by atoms with Crippen LogP contribution in [0.1, 0.15) is 25.5 Å². The maximum absolute atomic E-state index is 5.76. The molecule has 1 unspecified atom stereocenters. The van der Waals surface area contributed by atoms with Crippen molar-refractivity contribution in [2.45, 2.75) is 19.9 Å². The van der Waals surface area contributed by atoms with E-state index in [2.05, 4.69) is 29.2 Å². The Kier molecular flexibility index (Phi) is 3.94. The van der Waals surface area contributed by atoms with Crippen LogP contribution in [0.25, 0.3) is 0 Å². The number of nitrogens with zero attached hydrogens (tertiary/aromatic N) is 3. The zero-order chi connectivity index (χ0) is 13.0. The van der Waals surface area contributed by atoms with Crippen LogP contribution in [0.5, 0.6) is 11.6 Å². The molecule has 0 bridgehead atoms. The summed E-state index contributed by atoms with van der Waals surface area (Å²) in [6, 6.07) is 4.14. The number of nitrogens with one attached hydrogen (secondary N) is 1. The van der Waals surface area contributed by atoms with Gasteiger partial charge in [-0.1, -0.05) is 13.0 Å². The number of rotatable bonds is 5. The molecule has 0 aliphatic rings. The van der Waals surface area contributed by atoms with Crippen LogP contribution in [0.2, 0.25) is 0 Å². The van der Waals surface area contributed by atoms with E-state index in [1.165, 1.54) is 0 Å². The highest BCUT2D eigenvalue weighted by atomic mass is 16.5. The average molecular weight is 246 g/mol. The minimum absolute atomic E-state index is 0.204. The van der Waals surface area contributed by atoms with Crippen molar-refractivity contribution in [3.8, 4) is 11.6 Å². The molecule has 1 atom stereocenters. The molecule has 18 heavy (non-hydrogen) atoms. The van der Waals surface area contributed by atoms with Crippen molar-refractivity contribution in [1.29, 1.82) is 0 Å². The number of ether oxygens (including phenoxy) is 1. The van der Waals surface area contributed by atoms with E-state index in [1.54, 1.807) is 17.1 Å². The third-order valence-corrected chi connectivity index (χ3v) is 2.67. The van der Waals surface area contributed by atoms with E-state index in [9.17, 15) is 0 Å². The van der Waals surface area contributed by atoms with Gasteiger partial charge in [-0.25, -0.2) is 4.98 Å². The molecule has 1 N–H and O–H groups in total. The predicted octanol–water partition coefficient (Wildman–Crippen LogP) is 2.28. The highest BCUT2D eigenvalue weighted by Gasteiger charge is 2.12. The summed E-state index contributed by atoms with van der Waals surface area (Å²) >= 11 is 0. The second kappa shape index (κ2) is 5.64. The van der Waals surface area contributed by atoms with Crippen LogP contribution in [0.3, 0.4) is 0 Å². The molecule has 2 rings (SSSR count). The lowest BCUT2D eigenvalue weighted by Crippen LogP contribution is -2.18. The van der Waals surface area contributed by atoms with E-state index in [-0.39, 0.29) is 6.04 Å². The van der Waals surface area contributed by atoms with Crippen molar-refractivity contribution in [2.24, 2.45) is 7.05 Å². The molecular formula is C13H18N4O. The van der Waals surface area contributed by atoms with Gasteiger partial charge < -0.3 is 10.1 Å². The van der Waals surface area contributed by atoms with Gasteiger partial charge in [0.15, 0.2) is 5.75 Å². The van der Waals surface area contributed by atoms with Crippen LogP contribution in [0.4, 0.5) is 0 Å². The van der Waals surface area contributed by atoms with Gasteiger partial charge in [-0.15, -0.1) is 0 Å². The van der Waals surface area contributed by atoms with Crippen molar-refractivity contribution >= 4 is 0 Å². The highest BCUT2D eigenvalue weighted by molar-refractivity contribution is 5.32. The van der Waals surface area contributed by atoms with Crippen molar-refractivity contribution in [1.82, 2.24) is 20.1 Å². The molecule has 0 fully saturated rings. The SMILES string of the molecule is CCNC(C)c1cccnc1Oc1cnn(C)c1. The number of aryl methyl sites for hydroxylation is 1. The summed E-state index contributed by atoms with van der Waals surface area (Å²) in [5.41, 5.74) is 1.04. The molecule has 2 aromatic heterocycles. The fourth-order valence-corrected chi connectivity index (χ4v) is 1.80. The van der Waals surface area contributed by atoms with E-state index >= 15 is 0 Å². The first-order valence-corrected chi connectivity index (χ1v) is 6.05. The molecule has 0 saturated carbocycles. The average Bonchev–Trinajstić information content (AvgIpc) is 2.76. The van der Waals surface area contributed by atoms with Gasteiger partial charge in [0.25, 0.3) is 0 Å². The number of hydrogen-bond acceptors (Lipinski definition) is 4. The number of pyridine rings is 1. The molecule has 2 aromatic rings. The zero-order valence-corrected chi connectivity index (χ0v) is 10.9. The summed E-state index contributed by atoms with van der Waals surface area (Å²) in [7, 11) is 1.85. The molecule has 0 saturated heterocycles. The summed E-state index contributed by atoms with van der Waals surface area (Å²) in [6.07, 6.45) is 5.22. The Morgan fingerprint density at radius 1 is 1.50 bits per heavy atom. The van der Waals surface area contributed by atoms with Gasteiger partial charge in [-0.05, 0) is 19.5 Å². The minimum Gasteiger partial charge on any atom is -0.435 e. The molecule has 0 aromatic carbocycles. The van der Waals surface area contributed by atoms with E-state index in [4.69, 9.17) is 4.74 Å². The Bertz CT molecular complexity index is 509. The van der Waals surface area contributed by atoms with Gasteiger partial charge in [0.2, 0.25) is 5.88 Å². The predicted molar refractivity (Wildman–Crippen MR) is 69.6 cm³/mol. The van der Waals surface area contributed by atoms with E-state index in [0.29, 0.717) is 11.6 Å². The minimum atomic E-state index is 0.204. The van der Waals surface area contributed by atoms with Crippen LogP contribution < -0.4 is 10.1 Å². The van der Waals surface area contributed by atoms with Crippen LogP contribution in [-0.2, 0) is 7.05 Å². The third kappa shape index (κ3) is 2.87. The highest BCUT2D eigenvalue weighted by Crippen LogP contribution is 2.26. The fourth-order valence-electron chi connectivity index (χ4n) is 1.80. The quantitative estimate of drug-likeness (QED) is 0.879. The molecule has 0 radical (unpaired) electrons. The first-order chi connectivity index (χ1) is 8.70. The number of hydrogen-bond donors (Lipinski definition) is 1. The zero-order valence-electron chi connectivity index (χ0n) is 10.9. The van der Waals surface area contributed by atoms with Crippen molar-refractivity contribution < 1.29 is 4.74 Å². The lowest BCUT2D eigenvalue weighted by Gasteiger charge is -2.15. The van der Waals surface area contributed by atoms with E-state index in [0.717, 1.165) is 12.1 Å². The largest absolute Gasteiger partial charge is 0.435 e. The molecule has 0 spiro atoms. The topological polar surface area (TPSA) is 52.0 Å². The fraction of sp³-hybridized carbons (Fsp3) is 0.385. The van der Waals surface area contributed by atoms with Crippen molar-refractivity contribution in [3.63, 3.8) is 0 Å². The van der Waals surface area contributed by atoms with Gasteiger partial charge in [-0.3, -0.25) is 4.68 Å². The molecular weight excluding hydrogens is 228 g/mol. The lowest BCUT2D eigenvalue weighted by atomic mass is 10.1. The van der Waals surface area contributed by atoms with Crippen LogP contribution in [0, 0.1) is 0 Å². The smallest absolute Gasteiger partial charge is 0.224 e. The maximum Gasteiger partial charge on any atom is 0.224 e. The molecule has 2 heterocycles. The van der Waals surface area contributed by atoms with Crippen LogP contribution >= 0.6 is 0 Å². The first-order valence-electron chi connectivity index (χ1n) is 6.05. The molecule has 5 nitrogen and oxygen atoms in total. The summed E-state index contributed by atoms with van der Waals surface area (Å²) in [6.45, 7) is 5.08. The van der Waals surface area contributed by atoms with Gasteiger partial charge in [0, 0.05) is 24.8 Å². The monoisotopic (exact) mass is 246 g/mol. The molecule has 0 aliphatic carbocycles. The Morgan fingerprint density at radius 2 is 2.33 bits per heavy atom. The van der Waals surface area contributed by atoms with Gasteiger partial charge in [0.05, 0.1) is 12.4 Å². The Morgan fingerprint density at radius 3 is 3.00 bits per heavy atom. The Hall–Kier alpha value is -1.88. The van der Waals surface area contributed by atoms with E-state index in [1.807, 2.05) is 25.4 Å². The maximum atomic E-state index is 5.76. The van der Waals surface area contributed by atoms with Gasteiger partial charge in [-0.2, -0.15) is 5.10 Å². The first kappa shape index (κ1) is 12.6. The summed E-state index contributed by atoms with van der Waals surface area (Å²) in [4.78, 5) is 4.29. The molecule has 0 aliphatic heterocycles. The van der Waals surface area contributed by atoms with E-state index < -0.39 is 0 Å². The standard InChI is InChI=1S/C13H18N4O/c1-4-14-10(2)12-6-5-7-15-13(12)18-11-8-16-17(3)9-11/h5-10,14H,4H2,1-3H3. The second-order valence-electron chi connectivity index (χ2n) is 4.13. The Labute approximate surface area is 107 Å². The third-order valence-electron chi connectivity index (χ3n) is 2.67. The second-order valence-corrected chi connectivity index (χ2v) is 4.13. The lowest BCUT2D eigenvalue weighted by molar-refractivity contribution is 0.443. The Balaban J connectivity index is 2.22. The summed E-state index contributed by atoms with van der Waals surface area (Å²) in [5.74, 6) is 1.32. The van der Waals surface area contributed by atoms with Crippen molar-refractivity contribution in [2.75, 3.05) is 6.54 Å². The van der Waals surface area contributed by atoms with Gasteiger partial charge in [0.1, 0.15) is 0 Å². The molecule has 96 valence electrons. The molecule has 0 amide bonds. The number of aromatic nitrogens is 3. The summed E-state index contributed by atoms with van der Waals surface area (Å²) < 4.78 is 7.46. The summed E-state index contributed by atoms with van der Waals surface area (Å²) in [5, 5.41) is 7.42. The van der Waals surface area contributed by atoms with Crippen molar-refractivity contribution in [3.05, 3.63) is 36.3 Å². The normalized spacial score (nSPS) is 12.4. The van der Waals surface area contributed by atoms with Crippen LogP contribution in [-0.4, -0.2) is 21.3 Å². The molecule has 5 heteroatoms. The van der Waals surface area contributed by atoms with Gasteiger partial charge >= 0.3 is 0 Å². The van der Waals surface area contributed by atoms with Crippen LogP contribution in [0.15, 0.2) is 30.7 Å².